The maximum absolute atomic E-state index is 10.5. The van der Waals surface area contributed by atoms with E-state index in [9.17, 15) is 4.79 Å². The fraction of sp³-hybridized carbons (Fsp3) is 0.100. The highest BCUT2D eigenvalue weighted by molar-refractivity contribution is 6.30. The van der Waals surface area contributed by atoms with Gasteiger partial charge in [-0.15, -0.1) is 0 Å². The van der Waals surface area contributed by atoms with Crippen molar-refractivity contribution in [3.8, 4) is 5.82 Å². The maximum atomic E-state index is 10.5. The molecule has 16 heavy (non-hydrogen) atoms. The number of pyridine rings is 1. The molecule has 0 saturated heterocycles. The number of carboxylic acids is 1. The number of aliphatic carboxylic acids is 1. The van der Waals surface area contributed by atoms with Crippen molar-refractivity contribution in [3.05, 3.63) is 41.3 Å². The first-order valence-electron chi connectivity index (χ1n) is 4.53. The number of hydrogen-bond acceptors (Lipinski definition) is 3. The number of rotatable bonds is 3. The van der Waals surface area contributed by atoms with Crippen molar-refractivity contribution in [1.82, 2.24) is 14.8 Å². The van der Waals surface area contributed by atoms with Gasteiger partial charge in [0.2, 0.25) is 0 Å². The molecule has 0 saturated carbocycles. The molecule has 2 heterocycles. The third kappa shape index (κ3) is 2.38. The van der Waals surface area contributed by atoms with Gasteiger partial charge in [0.25, 0.3) is 0 Å². The first-order chi connectivity index (χ1) is 7.65. The lowest BCUT2D eigenvalue weighted by molar-refractivity contribution is -0.136. The maximum Gasteiger partial charge on any atom is 0.309 e. The average Bonchev–Trinajstić information content (AvgIpc) is 2.65. The fourth-order valence-corrected chi connectivity index (χ4v) is 1.41. The van der Waals surface area contributed by atoms with Gasteiger partial charge in [-0.3, -0.25) is 4.79 Å². The average molecular weight is 238 g/mol. The molecular weight excluding hydrogens is 230 g/mol. The zero-order valence-corrected chi connectivity index (χ0v) is 8.92. The number of carboxylic acid groups (broad SMARTS) is 1. The summed E-state index contributed by atoms with van der Waals surface area (Å²) < 4.78 is 1.49. The largest absolute Gasteiger partial charge is 0.481 e. The summed E-state index contributed by atoms with van der Waals surface area (Å²) in [5, 5.41) is 13.2. The predicted octanol–water partition coefficient (Wildman–Crippen LogP) is 1.55. The number of nitrogens with zero attached hydrogens (tertiary/aromatic N) is 3. The van der Waals surface area contributed by atoms with E-state index < -0.39 is 5.97 Å². The topological polar surface area (TPSA) is 68.0 Å². The molecule has 0 amide bonds. The first-order valence-corrected chi connectivity index (χ1v) is 4.91. The summed E-state index contributed by atoms with van der Waals surface area (Å²) in [7, 11) is 0. The van der Waals surface area contributed by atoms with Gasteiger partial charge in [-0.25, -0.2) is 9.67 Å². The van der Waals surface area contributed by atoms with E-state index in [2.05, 4.69) is 10.1 Å². The van der Waals surface area contributed by atoms with Gasteiger partial charge in [-0.2, -0.15) is 5.10 Å². The van der Waals surface area contributed by atoms with E-state index in [4.69, 9.17) is 16.7 Å². The molecule has 2 aromatic rings. The molecule has 6 heteroatoms. The lowest BCUT2D eigenvalue weighted by Crippen LogP contribution is -2.03. The molecule has 0 atom stereocenters. The van der Waals surface area contributed by atoms with Crippen LogP contribution < -0.4 is 0 Å². The Labute approximate surface area is 96.3 Å². The highest BCUT2D eigenvalue weighted by Gasteiger charge is 2.06. The van der Waals surface area contributed by atoms with Crippen LogP contribution in [0.2, 0.25) is 5.02 Å². The second-order valence-corrected chi connectivity index (χ2v) is 3.59. The van der Waals surface area contributed by atoms with Crippen molar-refractivity contribution in [2.24, 2.45) is 0 Å². The van der Waals surface area contributed by atoms with E-state index in [0.717, 1.165) is 0 Å². The van der Waals surface area contributed by atoms with Gasteiger partial charge < -0.3 is 5.11 Å². The molecule has 0 aliphatic heterocycles. The van der Waals surface area contributed by atoms with E-state index in [0.29, 0.717) is 16.5 Å². The third-order valence-corrected chi connectivity index (χ3v) is 2.15. The molecule has 82 valence electrons. The lowest BCUT2D eigenvalue weighted by Gasteiger charge is -1.99. The Bertz CT molecular complexity index is 524. The summed E-state index contributed by atoms with van der Waals surface area (Å²) in [6.45, 7) is 0. The molecule has 2 rings (SSSR count). The second kappa shape index (κ2) is 4.32. The van der Waals surface area contributed by atoms with Crippen LogP contribution in [0.1, 0.15) is 5.69 Å². The molecule has 0 aliphatic rings. The molecule has 2 aromatic heterocycles. The van der Waals surface area contributed by atoms with Crippen LogP contribution >= 0.6 is 11.6 Å². The Morgan fingerprint density at radius 2 is 2.31 bits per heavy atom. The van der Waals surface area contributed by atoms with Gasteiger partial charge in [0.1, 0.15) is 0 Å². The summed E-state index contributed by atoms with van der Waals surface area (Å²) in [5.41, 5.74) is 0.481. The molecule has 1 N–H and O–H groups in total. The van der Waals surface area contributed by atoms with Gasteiger partial charge in [0.05, 0.1) is 12.1 Å². The Kier molecular flexibility index (Phi) is 2.87. The van der Waals surface area contributed by atoms with E-state index >= 15 is 0 Å². The summed E-state index contributed by atoms with van der Waals surface area (Å²) in [4.78, 5) is 14.6. The van der Waals surface area contributed by atoms with E-state index in [1.165, 1.54) is 4.68 Å². The third-order valence-electron chi connectivity index (χ3n) is 1.92. The normalized spacial score (nSPS) is 10.3. The van der Waals surface area contributed by atoms with Crippen LogP contribution in [0.15, 0.2) is 30.6 Å². The standard InChI is InChI=1S/C10H8ClN3O2/c11-7-1-3-12-9(5-7)14-4-2-8(13-14)6-10(15)16/h1-5H,6H2,(H,15,16). The SMILES string of the molecule is O=C(O)Cc1ccn(-c2cc(Cl)ccn2)n1. The van der Waals surface area contributed by atoms with E-state index in [1.807, 2.05) is 0 Å². The Balaban J connectivity index is 2.28. The molecule has 0 radical (unpaired) electrons. The van der Waals surface area contributed by atoms with Crippen LogP contribution in [-0.2, 0) is 11.2 Å². The zero-order valence-electron chi connectivity index (χ0n) is 8.17. The first kappa shape index (κ1) is 10.6. The summed E-state index contributed by atoms with van der Waals surface area (Å²) >= 11 is 5.81. The second-order valence-electron chi connectivity index (χ2n) is 3.15. The Morgan fingerprint density at radius 3 is 3.00 bits per heavy atom. The van der Waals surface area contributed by atoms with Crippen LogP contribution in [0.3, 0.4) is 0 Å². The molecule has 0 bridgehead atoms. The predicted molar refractivity (Wildman–Crippen MR) is 57.7 cm³/mol. The highest BCUT2D eigenvalue weighted by Crippen LogP contribution is 2.11. The molecular formula is C10H8ClN3O2. The molecule has 0 aliphatic carbocycles. The monoisotopic (exact) mass is 237 g/mol. The summed E-state index contributed by atoms with van der Waals surface area (Å²) in [6.07, 6.45) is 3.11. The zero-order chi connectivity index (χ0) is 11.5. The van der Waals surface area contributed by atoms with Gasteiger partial charge in [0, 0.05) is 23.5 Å². The van der Waals surface area contributed by atoms with Gasteiger partial charge in [-0.1, -0.05) is 11.6 Å². The van der Waals surface area contributed by atoms with Gasteiger partial charge >= 0.3 is 5.97 Å². The van der Waals surface area contributed by atoms with Crippen molar-refractivity contribution < 1.29 is 9.90 Å². The highest BCUT2D eigenvalue weighted by atomic mass is 35.5. The molecule has 0 spiro atoms. The molecule has 0 unspecified atom stereocenters. The van der Waals surface area contributed by atoms with Crippen LogP contribution in [0.25, 0.3) is 5.82 Å². The lowest BCUT2D eigenvalue weighted by atomic mass is 10.3. The minimum atomic E-state index is -0.913. The minimum absolute atomic E-state index is 0.104. The number of carbonyl (C=O) groups is 1. The minimum Gasteiger partial charge on any atom is -0.481 e. The van der Waals surface area contributed by atoms with Gasteiger partial charge in [0.15, 0.2) is 5.82 Å². The summed E-state index contributed by atoms with van der Waals surface area (Å²) in [5.74, 6) is -0.353. The van der Waals surface area contributed by atoms with E-state index in [1.54, 1.807) is 30.6 Å². The van der Waals surface area contributed by atoms with Crippen LogP contribution in [0.5, 0.6) is 0 Å². The number of halogens is 1. The van der Waals surface area contributed by atoms with Crippen molar-refractivity contribution in [2.45, 2.75) is 6.42 Å². The molecule has 0 aromatic carbocycles. The Hall–Kier alpha value is -1.88. The van der Waals surface area contributed by atoms with Crippen molar-refractivity contribution in [2.75, 3.05) is 0 Å². The van der Waals surface area contributed by atoms with Crippen molar-refractivity contribution in [3.63, 3.8) is 0 Å². The quantitative estimate of drug-likeness (QED) is 0.880. The number of aromatic nitrogens is 3. The smallest absolute Gasteiger partial charge is 0.309 e. The van der Waals surface area contributed by atoms with E-state index in [-0.39, 0.29) is 6.42 Å². The molecule has 5 nitrogen and oxygen atoms in total. The van der Waals surface area contributed by atoms with Crippen LogP contribution in [0.4, 0.5) is 0 Å². The summed E-state index contributed by atoms with van der Waals surface area (Å²) in [6, 6.07) is 4.95. The van der Waals surface area contributed by atoms with Crippen LogP contribution in [0, 0.1) is 0 Å². The van der Waals surface area contributed by atoms with Crippen molar-refractivity contribution >= 4 is 17.6 Å². The van der Waals surface area contributed by atoms with Crippen molar-refractivity contribution in [1.29, 1.82) is 0 Å². The van der Waals surface area contributed by atoms with Crippen LogP contribution in [-0.4, -0.2) is 25.8 Å². The fourth-order valence-electron chi connectivity index (χ4n) is 1.26. The Morgan fingerprint density at radius 1 is 1.50 bits per heavy atom. The number of hydrogen-bond donors (Lipinski definition) is 1. The van der Waals surface area contributed by atoms with Gasteiger partial charge in [-0.05, 0) is 12.1 Å². The molecule has 0 fully saturated rings.